The molecule has 0 spiro atoms. The molecule has 1 atom stereocenters. The Morgan fingerprint density at radius 3 is 2.55 bits per heavy atom. The standard InChI is InChI=1S/C24H24N2O6S/c1-16-8-10-21(30-2)23(12-16)33(28,29)26-19(13-17-6-4-3-5-7-17)24(27)25-18-9-11-20-22(14-18)32-15-31-20/h3-12,14,19,26H,13,15H2,1-2H3,(H,25,27)/t19-/m0/s1. The summed E-state index contributed by atoms with van der Waals surface area (Å²) in [5.41, 5.74) is 2.03. The molecule has 3 aromatic rings. The van der Waals surface area contributed by atoms with Gasteiger partial charge in [0.1, 0.15) is 16.7 Å². The van der Waals surface area contributed by atoms with Crippen molar-refractivity contribution in [3.8, 4) is 17.2 Å². The maximum atomic E-state index is 13.3. The molecule has 0 unspecified atom stereocenters. The van der Waals surface area contributed by atoms with Crippen molar-refractivity contribution in [2.75, 3.05) is 19.2 Å². The number of nitrogens with one attached hydrogen (secondary N) is 2. The molecule has 172 valence electrons. The summed E-state index contributed by atoms with van der Waals surface area (Å²) in [6, 6.07) is 18.0. The number of carbonyl (C=O) groups is 1. The predicted octanol–water partition coefficient (Wildman–Crippen LogP) is 3.26. The van der Waals surface area contributed by atoms with Gasteiger partial charge in [-0.15, -0.1) is 0 Å². The molecule has 0 fully saturated rings. The topological polar surface area (TPSA) is 103 Å². The number of amides is 1. The Labute approximate surface area is 192 Å². The Kier molecular flexibility index (Phi) is 6.52. The summed E-state index contributed by atoms with van der Waals surface area (Å²) < 4.78 is 45.0. The van der Waals surface area contributed by atoms with Crippen molar-refractivity contribution in [2.24, 2.45) is 0 Å². The van der Waals surface area contributed by atoms with Crippen LogP contribution >= 0.6 is 0 Å². The normalized spacial score (nSPS) is 13.4. The van der Waals surface area contributed by atoms with Crippen LogP contribution in [0.5, 0.6) is 17.2 Å². The molecule has 1 aliphatic rings. The Bertz CT molecular complexity index is 1260. The molecule has 0 radical (unpaired) electrons. The highest BCUT2D eigenvalue weighted by Crippen LogP contribution is 2.34. The third kappa shape index (κ3) is 5.27. The fourth-order valence-electron chi connectivity index (χ4n) is 3.49. The van der Waals surface area contributed by atoms with Crippen LogP contribution in [0.2, 0.25) is 0 Å². The monoisotopic (exact) mass is 468 g/mol. The van der Waals surface area contributed by atoms with Gasteiger partial charge in [0.2, 0.25) is 22.7 Å². The largest absolute Gasteiger partial charge is 0.495 e. The van der Waals surface area contributed by atoms with Crippen LogP contribution in [0.25, 0.3) is 0 Å². The minimum atomic E-state index is -4.07. The zero-order chi connectivity index (χ0) is 23.4. The summed E-state index contributed by atoms with van der Waals surface area (Å²) >= 11 is 0. The van der Waals surface area contributed by atoms with Crippen molar-refractivity contribution in [3.63, 3.8) is 0 Å². The molecule has 1 amide bonds. The van der Waals surface area contributed by atoms with Crippen molar-refractivity contribution in [1.29, 1.82) is 0 Å². The number of carbonyl (C=O) groups excluding carboxylic acids is 1. The van der Waals surface area contributed by atoms with Gasteiger partial charge in [-0.3, -0.25) is 4.79 Å². The van der Waals surface area contributed by atoms with Gasteiger partial charge in [-0.25, -0.2) is 8.42 Å². The second-order valence-corrected chi connectivity index (χ2v) is 9.26. The van der Waals surface area contributed by atoms with Crippen molar-refractivity contribution >= 4 is 21.6 Å². The number of methoxy groups -OCH3 is 1. The minimum absolute atomic E-state index is 0.0288. The molecule has 33 heavy (non-hydrogen) atoms. The van der Waals surface area contributed by atoms with Crippen LogP contribution in [-0.4, -0.2) is 34.3 Å². The first-order valence-electron chi connectivity index (χ1n) is 10.3. The summed E-state index contributed by atoms with van der Waals surface area (Å²) in [7, 11) is -2.67. The van der Waals surface area contributed by atoms with Gasteiger partial charge in [-0.2, -0.15) is 4.72 Å². The summed E-state index contributed by atoms with van der Waals surface area (Å²) in [6.07, 6.45) is 0.157. The number of aryl methyl sites for hydroxylation is 1. The molecule has 0 saturated heterocycles. The molecule has 4 rings (SSSR count). The maximum absolute atomic E-state index is 13.3. The van der Waals surface area contributed by atoms with E-state index in [0.29, 0.717) is 17.2 Å². The van der Waals surface area contributed by atoms with E-state index in [9.17, 15) is 13.2 Å². The molecule has 0 aromatic heterocycles. The number of fused-ring (bicyclic) bond motifs is 1. The molecule has 1 aliphatic heterocycles. The molecule has 0 bridgehead atoms. The van der Waals surface area contributed by atoms with E-state index in [1.807, 2.05) is 30.3 Å². The van der Waals surface area contributed by atoms with Crippen LogP contribution in [0.1, 0.15) is 11.1 Å². The zero-order valence-corrected chi connectivity index (χ0v) is 19.0. The Hall–Kier alpha value is -3.56. The molecule has 9 heteroatoms. The SMILES string of the molecule is COc1ccc(C)cc1S(=O)(=O)N[C@@H](Cc1ccccc1)C(=O)Nc1ccc2c(c1)OCO2. The number of hydrogen-bond donors (Lipinski definition) is 2. The van der Waals surface area contributed by atoms with Crippen LogP contribution in [0.3, 0.4) is 0 Å². The van der Waals surface area contributed by atoms with Gasteiger partial charge in [0, 0.05) is 11.8 Å². The van der Waals surface area contributed by atoms with E-state index < -0.39 is 22.0 Å². The molecule has 0 saturated carbocycles. The average Bonchev–Trinajstić information content (AvgIpc) is 3.27. The van der Waals surface area contributed by atoms with E-state index >= 15 is 0 Å². The lowest BCUT2D eigenvalue weighted by Gasteiger charge is -2.20. The predicted molar refractivity (Wildman–Crippen MR) is 123 cm³/mol. The fourth-order valence-corrected chi connectivity index (χ4v) is 4.94. The Morgan fingerprint density at radius 1 is 1.03 bits per heavy atom. The van der Waals surface area contributed by atoms with Gasteiger partial charge in [0.05, 0.1) is 7.11 Å². The maximum Gasteiger partial charge on any atom is 0.245 e. The number of hydrogen-bond acceptors (Lipinski definition) is 6. The number of anilines is 1. The second kappa shape index (κ2) is 9.51. The van der Waals surface area contributed by atoms with E-state index in [1.165, 1.54) is 13.2 Å². The first-order chi connectivity index (χ1) is 15.9. The van der Waals surface area contributed by atoms with Crippen LogP contribution < -0.4 is 24.2 Å². The fraction of sp³-hybridized carbons (Fsp3) is 0.208. The van der Waals surface area contributed by atoms with Gasteiger partial charge in [-0.1, -0.05) is 36.4 Å². The number of benzene rings is 3. The van der Waals surface area contributed by atoms with Crippen molar-refractivity contribution in [3.05, 3.63) is 77.9 Å². The first kappa shape index (κ1) is 22.6. The van der Waals surface area contributed by atoms with Gasteiger partial charge in [-0.05, 0) is 48.7 Å². The van der Waals surface area contributed by atoms with Crippen LogP contribution in [0.4, 0.5) is 5.69 Å². The lowest BCUT2D eigenvalue weighted by atomic mass is 10.1. The zero-order valence-electron chi connectivity index (χ0n) is 18.2. The molecule has 2 N–H and O–H groups in total. The van der Waals surface area contributed by atoms with E-state index in [1.54, 1.807) is 37.3 Å². The van der Waals surface area contributed by atoms with E-state index in [-0.39, 0.29) is 23.9 Å². The van der Waals surface area contributed by atoms with Gasteiger partial charge in [0.25, 0.3) is 0 Å². The lowest BCUT2D eigenvalue weighted by molar-refractivity contribution is -0.117. The second-order valence-electron chi connectivity index (χ2n) is 7.58. The van der Waals surface area contributed by atoms with Gasteiger partial charge >= 0.3 is 0 Å². The quantitative estimate of drug-likeness (QED) is 0.526. The van der Waals surface area contributed by atoms with Crippen molar-refractivity contribution in [1.82, 2.24) is 4.72 Å². The highest BCUT2D eigenvalue weighted by Gasteiger charge is 2.29. The van der Waals surface area contributed by atoms with Crippen molar-refractivity contribution < 1.29 is 27.4 Å². The van der Waals surface area contributed by atoms with E-state index in [0.717, 1.165) is 11.1 Å². The molecular weight excluding hydrogens is 444 g/mol. The molecule has 1 heterocycles. The third-order valence-corrected chi connectivity index (χ3v) is 6.64. The minimum Gasteiger partial charge on any atom is -0.495 e. The first-order valence-corrected chi connectivity index (χ1v) is 11.8. The van der Waals surface area contributed by atoms with Gasteiger partial charge < -0.3 is 19.5 Å². The lowest BCUT2D eigenvalue weighted by Crippen LogP contribution is -2.45. The van der Waals surface area contributed by atoms with E-state index in [4.69, 9.17) is 14.2 Å². The molecule has 3 aromatic carbocycles. The van der Waals surface area contributed by atoms with Crippen LogP contribution in [0.15, 0.2) is 71.6 Å². The molecule has 0 aliphatic carbocycles. The summed E-state index contributed by atoms with van der Waals surface area (Å²) in [4.78, 5) is 13.2. The highest BCUT2D eigenvalue weighted by molar-refractivity contribution is 7.89. The third-order valence-electron chi connectivity index (χ3n) is 5.15. The van der Waals surface area contributed by atoms with Crippen LogP contribution in [-0.2, 0) is 21.2 Å². The molecular formula is C24H24N2O6S. The van der Waals surface area contributed by atoms with Crippen LogP contribution in [0, 0.1) is 6.92 Å². The molecule has 8 nitrogen and oxygen atoms in total. The summed E-state index contributed by atoms with van der Waals surface area (Å²) in [5, 5.41) is 2.77. The van der Waals surface area contributed by atoms with Gasteiger partial charge in [0.15, 0.2) is 11.5 Å². The highest BCUT2D eigenvalue weighted by atomic mass is 32.2. The number of sulfonamides is 1. The summed E-state index contributed by atoms with van der Waals surface area (Å²) in [6.45, 7) is 1.90. The Morgan fingerprint density at radius 2 is 1.79 bits per heavy atom. The number of rotatable bonds is 8. The smallest absolute Gasteiger partial charge is 0.245 e. The van der Waals surface area contributed by atoms with E-state index in [2.05, 4.69) is 10.0 Å². The Balaban J connectivity index is 1.62. The summed E-state index contributed by atoms with van der Waals surface area (Å²) in [5.74, 6) is 0.786. The average molecular weight is 469 g/mol. The number of ether oxygens (including phenoxy) is 3. The van der Waals surface area contributed by atoms with Crippen molar-refractivity contribution in [2.45, 2.75) is 24.3 Å².